The maximum atomic E-state index is 16.5. The lowest BCUT2D eigenvalue weighted by Crippen LogP contribution is -2.41. The number of anilines is 1. The van der Waals surface area contributed by atoms with Gasteiger partial charge in [-0.1, -0.05) is 0 Å². The summed E-state index contributed by atoms with van der Waals surface area (Å²) in [6.07, 6.45) is 8.90. The third kappa shape index (κ3) is 5.27. The van der Waals surface area contributed by atoms with E-state index in [-0.39, 0.29) is 35.3 Å². The van der Waals surface area contributed by atoms with Crippen LogP contribution in [0.15, 0.2) is 36.4 Å². The van der Waals surface area contributed by atoms with Crippen LogP contribution < -0.4 is 20.9 Å². The van der Waals surface area contributed by atoms with Crippen LogP contribution in [0, 0.1) is 28.7 Å². The minimum Gasteiger partial charge on any atom is -0.367 e. The molecule has 6 heterocycles. The first-order valence-electron chi connectivity index (χ1n) is 18.7. The number of hydrogen-bond acceptors (Lipinski definition) is 6. The summed E-state index contributed by atoms with van der Waals surface area (Å²) in [5, 5.41) is 10.4. The molecule has 5 aliphatic rings. The molecule has 4 atom stereocenters. The van der Waals surface area contributed by atoms with E-state index in [1.165, 1.54) is 37.1 Å². The van der Waals surface area contributed by atoms with E-state index in [2.05, 4.69) is 30.9 Å². The number of fused-ring (bicyclic) bond motifs is 2. The van der Waals surface area contributed by atoms with Gasteiger partial charge in [0.25, 0.3) is 0 Å². The third-order valence-electron chi connectivity index (χ3n) is 12.7. The quantitative estimate of drug-likeness (QED) is 0.117. The van der Waals surface area contributed by atoms with Gasteiger partial charge in [0.1, 0.15) is 40.6 Å². The summed E-state index contributed by atoms with van der Waals surface area (Å²) in [6, 6.07) is 8.62. The maximum Gasteiger partial charge on any atom is 0.149 e. The first-order valence-corrected chi connectivity index (χ1v) is 18.7. The number of aromatic amines is 2. The highest BCUT2D eigenvalue weighted by molar-refractivity contribution is 5.78. The molecule has 266 valence electrons. The molecule has 0 amide bonds. The molecule has 8 nitrogen and oxygen atoms in total. The van der Waals surface area contributed by atoms with Gasteiger partial charge in [0.2, 0.25) is 0 Å². The Labute approximate surface area is 293 Å². The average Bonchev–Trinajstić information content (AvgIpc) is 3.81. The second kappa shape index (κ2) is 11.8. The topological polar surface area (TPSA) is 96.7 Å². The van der Waals surface area contributed by atoms with Crippen LogP contribution >= 0.6 is 0 Å². The molecule has 1 saturated carbocycles. The molecule has 0 radical (unpaired) electrons. The second-order valence-corrected chi connectivity index (χ2v) is 15.7. The van der Waals surface area contributed by atoms with Crippen molar-refractivity contribution in [3.63, 3.8) is 0 Å². The molecule has 1 aliphatic carbocycles. The fourth-order valence-corrected chi connectivity index (χ4v) is 9.51. The summed E-state index contributed by atoms with van der Waals surface area (Å²) < 4.78 is 65.0. The number of nitrogens with one attached hydrogen (secondary N) is 5. The highest BCUT2D eigenvalue weighted by Gasteiger charge is 2.47. The zero-order valence-corrected chi connectivity index (χ0v) is 28.4. The van der Waals surface area contributed by atoms with Crippen LogP contribution in [0.3, 0.4) is 0 Å². The average molecular weight is 699 g/mol. The molecule has 2 aromatic heterocycles. The van der Waals surface area contributed by atoms with Crippen LogP contribution in [0.1, 0.15) is 111 Å². The van der Waals surface area contributed by atoms with Gasteiger partial charge in [0, 0.05) is 42.4 Å². The normalized spacial score (nSPS) is 27.5. The molecule has 0 unspecified atom stereocenters. The molecule has 12 heteroatoms. The van der Waals surface area contributed by atoms with Crippen molar-refractivity contribution in [2.24, 2.45) is 5.41 Å². The van der Waals surface area contributed by atoms with Gasteiger partial charge < -0.3 is 25.5 Å². The van der Waals surface area contributed by atoms with Crippen molar-refractivity contribution in [3.8, 4) is 0 Å². The van der Waals surface area contributed by atoms with Gasteiger partial charge in [-0.2, -0.15) is 0 Å². The molecule has 5 aromatic rings. The molecule has 5 N–H and O–H groups in total. The first kappa shape index (κ1) is 31.7. The van der Waals surface area contributed by atoms with Crippen molar-refractivity contribution in [2.75, 3.05) is 31.1 Å². The summed E-state index contributed by atoms with van der Waals surface area (Å²) in [6.45, 7) is 3.02. The molecule has 4 saturated heterocycles. The highest BCUT2D eigenvalue weighted by Crippen LogP contribution is 2.54. The van der Waals surface area contributed by atoms with E-state index >= 15 is 17.6 Å². The summed E-state index contributed by atoms with van der Waals surface area (Å²) in [4.78, 5) is 17.9. The third-order valence-corrected chi connectivity index (χ3v) is 12.7. The number of aromatic nitrogens is 4. The largest absolute Gasteiger partial charge is 0.367 e. The summed E-state index contributed by atoms with van der Waals surface area (Å²) >= 11 is 0. The van der Waals surface area contributed by atoms with Crippen molar-refractivity contribution >= 4 is 27.8 Å². The van der Waals surface area contributed by atoms with Crippen LogP contribution in [0.4, 0.5) is 23.2 Å². The molecular weight excluding hydrogens is 656 g/mol. The molecule has 5 fully saturated rings. The molecule has 1 spiro atoms. The van der Waals surface area contributed by atoms with E-state index in [1.54, 1.807) is 12.1 Å². The van der Waals surface area contributed by atoms with Gasteiger partial charge in [-0.15, -0.1) is 0 Å². The Hall–Kier alpha value is -4.00. The van der Waals surface area contributed by atoms with Crippen LogP contribution in [0.5, 0.6) is 0 Å². The second-order valence-electron chi connectivity index (χ2n) is 15.7. The van der Waals surface area contributed by atoms with Crippen molar-refractivity contribution in [1.82, 2.24) is 35.9 Å². The van der Waals surface area contributed by atoms with E-state index < -0.39 is 34.8 Å². The maximum absolute atomic E-state index is 16.5. The molecule has 4 aliphatic heterocycles. The molecule has 51 heavy (non-hydrogen) atoms. The summed E-state index contributed by atoms with van der Waals surface area (Å²) in [5.41, 5.74) is 2.26. The van der Waals surface area contributed by atoms with Gasteiger partial charge >= 0.3 is 0 Å². The zero-order chi connectivity index (χ0) is 34.5. The number of halogens is 4. The SMILES string of the molecule is Fc1cc2nc([C@@H]3CCCN3)[nH]c2cc1[C@@H]1CC[C@@](c2cc(F)c(N3CCC4(CC3)CC4)c(F)c2)(c2cc3[nH]c([C@@H]4CCCN4)nc3cc2F)N1. The van der Waals surface area contributed by atoms with Gasteiger partial charge in [-0.25, -0.2) is 27.5 Å². The lowest BCUT2D eigenvalue weighted by Gasteiger charge is -2.36. The Morgan fingerprint density at radius 1 is 0.627 bits per heavy atom. The van der Waals surface area contributed by atoms with Crippen LogP contribution in [-0.4, -0.2) is 46.1 Å². The lowest BCUT2D eigenvalue weighted by atomic mass is 9.80. The number of benzene rings is 3. The van der Waals surface area contributed by atoms with Gasteiger partial charge in [-0.05, 0) is 113 Å². The number of nitrogens with zero attached hydrogens (tertiary/aromatic N) is 3. The summed E-state index contributed by atoms with van der Waals surface area (Å²) in [5.74, 6) is -0.792. The smallest absolute Gasteiger partial charge is 0.149 e. The highest BCUT2D eigenvalue weighted by atomic mass is 19.1. The Morgan fingerprint density at radius 3 is 1.82 bits per heavy atom. The Morgan fingerprint density at radius 2 is 1.24 bits per heavy atom. The fourth-order valence-electron chi connectivity index (χ4n) is 9.51. The standard InChI is InChI=1S/C39H42F4N8/c40-24-19-33-31(46-36(48-33)29-3-1-11-44-29)17-22(24)28-5-6-39(50-28,23-18-32-34(20-25(23)41)49-37(47-32)30-4-2-12-45-30)21-15-26(42)35(27(43)16-21)51-13-9-38(7-8-38)10-14-51/h15-20,28-30,44-45,50H,1-14H2,(H,46,48)(H,47,49)/t28-,29-,30-,39+/m0/s1. The number of piperidine rings is 1. The minimum absolute atomic E-state index is 0.0274. The van der Waals surface area contributed by atoms with Crippen molar-refractivity contribution in [1.29, 1.82) is 0 Å². The van der Waals surface area contributed by atoms with E-state index in [0.717, 1.165) is 63.3 Å². The van der Waals surface area contributed by atoms with Gasteiger partial charge in [0.15, 0.2) is 0 Å². The van der Waals surface area contributed by atoms with Crippen LogP contribution in [0.2, 0.25) is 0 Å². The minimum atomic E-state index is -1.35. The zero-order valence-electron chi connectivity index (χ0n) is 28.4. The van der Waals surface area contributed by atoms with Crippen molar-refractivity contribution < 1.29 is 17.6 Å². The van der Waals surface area contributed by atoms with E-state index in [9.17, 15) is 0 Å². The fraction of sp³-hybridized carbons (Fsp3) is 0.487. The Kier molecular flexibility index (Phi) is 7.31. The van der Waals surface area contributed by atoms with E-state index in [4.69, 9.17) is 4.98 Å². The number of rotatable bonds is 6. The Bertz CT molecular complexity index is 2130. The van der Waals surface area contributed by atoms with Crippen LogP contribution in [0.25, 0.3) is 22.1 Å². The van der Waals surface area contributed by atoms with E-state index in [0.29, 0.717) is 52.6 Å². The molecule has 0 bridgehead atoms. The summed E-state index contributed by atoms with van der Waals surface area (Å²) in [7, 11) is 0. The number of H-pyrrole nitrogens is 2. The van der Waals surface area contributed by atoms with Gasteiger partial charge in [0.05, 0.1) is 39.7 Å². The number of imidazole rings is 2. The molecule has 10 rings (SSSR count). The van der Waals surface area contributed by atoms with Crippen LogP contribution in [-0.2, 0) is 5.54 Å². The molecule has 3 aromatic carbocycles. The molecular formula is C39H42F4N8. The van der Waals surface area contributed by atoms with Crippen molar-refractivity contribution in [2.45, 2.75) is 87.9 Å². The van der Waals surface area contributed by atoms with E-state index in [1.807, 2.05) is 4.90 Å². The van der Waals surface area contributed by atoms with Gasteiger partial charge in [-0.3, -0.25) is 5.32 Å². The Balaban J connectivity index is 1.06. The predicted octanol–water partition coefficient (Wildman–Crippen LogP) is 7.59. The predicted molar refractivity (Wildman–Crippen MR) is 187 cm³/mol. The first-order chi connectivity index (χ1) is 24.8. The van der Waals surface area contributed by atoms with Crippen molar-refractivity contribution in [3.05, 3.63) is 88.0 Å². The number of hydrogen-bond donors (Lipinski definition) is 5. The lowest BCUT2D eigenvalue weighted by molar-refractivity contribution is 0.378. The monoisotopic (exact) mass is 698 g/mol.